The molecule has 1 unspecified atom stereocenters. The SMILES string of the molecule is COc1ccc(C(=O)N2CC(C)(C)SC23C(=O)N(Cc2ccc(F)cc2)c2ccc(C)cc23)cc1. The summed E-state index contributed by atoms with van der Waals surface area (Å²) in [6.07, 6.45) is 0. The fraction of sp³-hybridized carbons (Fsp3) is 0.286. The number of hydrogen-bond acceptors (Lipinski definition) is 4. The summed E-state index contributed by atoms with van der Waals surface area (Å²) >= 11 is 1.52. The van der Waals surface area contributed by atoms with E-state index in [1.165, 1.54) is 23.9 Å². The number of thioether (sulfide) groups is 1. The van der Waals surface area contributed by atoms with Gasteiger partial charge in [-0.05, 0) is 68.8 Å². The lowest BCUT2D eigenvalue weighted by Crippen LogP contribution is -2.50. The summed E-state index contributed by atoms with van der Waals surface area (Å²) in [7, 11) is 1.58. The van der Waals surface area contributed by atoms with E-state index in [9.17, 15) is 14.0 Å². The van der Waals surface area contributed by atoms with Gasteiger partial charge in [-0.25, -0.2) is 4.39 Å². The molecule has 0 N–H and O–H groups in total. The first-order chi connectivity index (χ1) is 16.6. The third-order valence-corrected chi connectivity index (χ3v) is 8.11. The Labute approximate surface area is 208 Å². The zero-order valence-corrected chi connectivity index (χ0v) is 21.0. The fourth-order valence-electron chi connectivity index (χ4n) is 4.94. The van der Waals surface area contributed by atoms with Gasteiger partial charge in [0.05, 0.1) is 19.3 Å². The molecule has 1 spiro atoms. The van der Waals surface area contributed by atoms with Gasteiger partial charge in [0, 0.05) is 22.4 Å². The molecule has 1 saturated heterocycles. The largest absolute Gasteiger partial charge is 0.497 e. The standard InChI is InChI=1S/C28H27FN2O3S/c1-18-5-14-24-23(15-18)28(26(33)30(24)16-19-6-10-21(29)11-7-19)31(17-27(2,3)35-28)25(32)20-8-12-22(34-4)13-9-20/h5-15H,16-17H2,1-4H3. The van der Waals surface area contributed by atoms with Gasteiger partial charge in [0.25, 0.3) is 11.8 Å². The number of anilines is 1. The topological polar surface area (TPSA) is 49.9 Å². The number of fused-ring (bicyclic) bond motifs is 2. The van der Waals surface area contributed by atoms with Crippen molar-refractivity contribution in [2.75, 3.05) is 18.6 Å². The molecule has 7 heteroatoms. The van der Waals surface area contributed by atoms with Crippen LogP contribution in [0, 0.1) is 12.7 Å². The Kier molecular flexibility index (Phi) is 5.63. The molecule has 5 nitrogen and oxygen atoms in total. The number of ether oxygens (including phenoxy) is 1. The molecule has 2 aliphatic heterocycles. The highest BCUT2D eigenvalue weighted by Gasteiger charge is 2.63. The van der Waals surface area contributed by atoms with E-state index in [1.54, 1.807) is 53.3 Å². The summed E-state index contributed by atoms with van der Waals surface area (Å²) in [4.78, 5) is 30.5. The molecule has 0 bridgehead atoms. The zero-order valence-electron chi connectivity index (χ0n) is 20.2. The number of aryl methyl sites for hydroxylation is 1. The average molecular weight is 491 g/mol. The third kappa shape index (κ3) is 3.88. The Morgan fingerprint density at radius 3 is 2.40 bits per heavy atom. The second-order valence-corrected chi connectivity index (χ2v) is 11.6. The van der Waals surface area contributed by atoms with Gasteiger partial charge in [-0.1, -0.05) is 29.8 Å². The van der Waals surface area contributed by atoms with E-state index in [0.29, 0.717) is 24.4 Å². The maximum absolute atomic E-state index is 14.3. The summed E-state index contributed by atoms with van der Waals surface area (Å²) in [5.74, 6) is -0.0100. The van der Waals surface area contributed by atoms with Crippen LogP contribution in [-0.4, -0.2) is 35.1 Å². The van der Waals surface area contributed by atoms with Gasteiger partial charge >= 0.3 is 0 Å². The number of hydrogen-bond donors (Lipinski definition) is 0. The monoisotopic (exact) mass is 490 g/mol. The minimum atomic E-state index is -1.18. The molecule has 5 rings (SSSR count). The number of methoxy groups -OCH3 is 1. The van der Waals surface area contributed by atoms with Gasteiger partial charge in [0.1, 0.15) is 11.6 Å². The third-order valence-electron chi connectivity index (χ3n) is 6.52. The van der Waals surface area contributed by atoms with Crippen molar-refractivity contribution in [3.63, 3.8) is 0 Å². The number of rotatable bonds is 4. The van der Waals surface area contributed by atoms with Gasteiger partial charge in [-0.15, -0.1) is 11.8 Å². The van der Waals surface area contributed by atoms with Crippen LogP contribution in [0.4, 0.5) is 10.1 Å². The summed E-state index contributed by atoms with van der Waals surface area (Å²) in [5, 5.41) is 0. The van der Waals surface area contributed by atoms with Crippen LogP contribution < -0.4 is 9.64 Å². The summed E-state index contributed by atoms with van der Waals surface area (Å²) in [6.45, 7) is 6.83. The van der Waals surface area contributed by atoms with Gasteiger partial charge in [-0.3, -0.25) is 9.59 Å². The van der Waals surface area contributed by atoms with E-state index in [1.807, 2.05) is 25.1 Å². The first kappa shape index (κ1) is 23.4. The van der Waals surface area contributed by atoms with Crippen LogP contribution >= 0.6 is 11.8 Å². The van der Waals surface area contributed by atoms with Gasteiger partial charge in [-0.2, -0.15) is 0 Å². The van der Waals surface area contributed by atoms with Crippen LogP contribution in [0.25, 0.3) is 0 Å². The summed E-state index contributed by atoms with van der Waals surface area (Å²) < 4.78 is 18.4. The first-order valence-corrected chi connectivity index (χ1v) is 12.3. The van der Waals surface area contributed by atoms with Crippen molar-refractivity contribution in [2.24, 2.45) is 0 Å². The number of benzene rings is 3. The Bertz CT molecular complexity index is 1310. The molecule has 0 radical (unpaired) electrons. The average Bonchev–Trinajstić information content (AvgIpc) is 3.25. The molecular formula is C28H27FN2O3S. The molecule has 3 aromatic carbocycles. The van der Waals surface area contributed by atoms with E-state index in [4.69, 9.17) is 4.74 Å². The number of carbonyl (C=O) groups excluding carboxylic acids is 2. The van der Waals surface area contributed by atoms with Gasteiger partial charge < -0.3 is 14.5 Å². The van der Waals surface area contributed by atoms with Crippen LogP contribution in [0.15, 0.2) is 66.7 Å². The van der Waals surface area contributed by atoms with E-state index < -0.39 is 4.87 Å². The smallest absolute Gasteiger partial charge is 0.268 e. The number of carbonyl (C=O) groups is 2. The molecule has 2 amide bonds. The molecule has 180 valence electrons. The lowest BCUT2D eigenvalue weighted by molar-refractivity contribution is -0.123. The minimum absolute atomic E-state index is 0.153. The van der Waals surface area contributed by atoms with Gasteiger partial charge in [0.2, 0.25) is 0 Å². The molecule has 1 atom stereocenters. The Morgan fingerprint density at radius 1 is 1.06 bits per heavy atom. The summed E-state index contributed by atoms with van der Waals surface area (Å²) in [6, 6.07) is 19.1. The van der Waals surface area contributed by atoms with Crippen LogP contribution in [0.1, 0.15) is 40.9 Å². The number of halogens is 1. The molecule has 2 aliphatic rings. The molecular weight excluding hydrogens is 463 g/mol. The lowest BCUT2D eigenvalue weighted by atomic mass is 10.0. The molecule has 35 heavy (non-hydrogen) atoms. The van der Waals surface area contributed by atoms with E-state index in [2.05, 4.69) is 13.8 Å². The Morgan fingerprint density at radius 2 is 1.74 bits per heavy atom. The molecule has 2 heterocycles. The van der Waals surface area contributed by atoms with Crippen molar-refractivity contribution in [1.82, 2.24) is 4.90 Å². The van der Waals surface area contributed by atoms with E-state index in [0.717, 1.165) is 22.4 Å². The van der Waals surface area contributed by atoms with Crippen LogP contribution in [0.5, 0.6) is 5.75 Å². The molecule has 0 aromatic heterocycles. The highest BCUT2D eigenvalue weighted by atomic mass is 32.2. The Hall–Kier alpha value is -3.32. The van der Waals surface area contributed by atoms with Gasteiger partial charge in [0.15, 0.2) is 4.87 Å². The van der Waals surface area contributed by atoms with Crippen molar-refractivity contribution in [3.8, 4) is 5.75 Å². The molecule has 0 aliphatic carbocycles. The first-order valence-electron chi connectivity index (χ1n) is 11.5. The van der Waals surface area contributed by atoms with Crippen molar-refractivity contribution in [2.45, 2.75) is 36.9 Å². The zero-order chi connectivity index (χ0) is 25.0. The van der Waals surface area contributed by atoms with Crippen molar-refractivity contribution in [3.05, 3.63) is 94.8 Å². The second kappa shape index (κ2) is 8.41. The maximum atomic E-state index is 14.3. The second-order valence-electron chi connectivity index (χ2n) is 9.66. The van der Waals surface area contributed by atoms with Crippen LogP contribution in [0.3, 0.4) is 0 Å². The highest BCUT2D eigenvalue weighted by Crippen LogP contribution is 2.60. The number of amides is 2. The number of nitrogens with zero attached hydrogens (tertiary/aromatic N) is 2. The predicted octanol–water partition coefficient (Wildman–Crippen LogP) is 5.51. The quantitative estimate of drug-likeness (QED) is 0.484. The molecule has 3 aromatic rings. The fourth-order valence-corrected chi connectivity index (χ4v) is 6.66. The van der Waals surface area contributed by atoms with Crippen molar-refractivity contribution >= 4 is 29.3 Å². The molecule has 1 fully saturated rings. The normalized spacial score (nSPS) is 20.4. The van der Waals surface area contributed by atoms with Crippen molar-refractivity contribution < 1.29 is 18.7 Å². The maximum Gasteiger partial charge on any atom is 0.268 e. The highest BCUT2D eigenvalue weighted by molar-refractivity contribution is 8.02. The van der Waals surface area contributed by atoms with Crippen LogP contribution in [-0.2, 0) is 16.2 Å². The van der Waals surface area contributed by atoms with Crippen molar-refractivity contribution in [1.29, 1.82) is 0 Å². The molecule has 0 saturated carbocycles. The van der Waals surface area contributed by atoms with E-state index >= 15 is 0 Å². The Balaban J connectivity index is 1.62. The van der Waals surface area contributed by atoms with E-state index in [-0.39, 0.29) is 22.4 Å². The lowest BCUT2D eigenvalue weighted by Gasteiger charge is -2.33. The minimum Gasteiger partial charge on any atom is -0.497 e. The van der Waals surface area contributed by atoms with Crippen LogP contribution in [0.2, 0.25) is 0 Å². The predicted molar refractivity (Wildman–Crippen MR) is 136 cm³/mol. The summed E-state index contributed by atoms with van der Waals surface area (Å²) in [5.41, 5.74) is 3.94.